The van der Waals surface area contributed by atoms with E-state index in [1.54, 1.807) is 0 Å². The second-order valence-corrected chi connectivity index (χ2v) is 4.36. The monoisotopic (exact) mass is 225 g/mol. The van der Waals surface area contributed by atoms with E-state index in [0.717, 1.165) is 4.90 Å². The fraction of sp³-hybridized carbons (Fsp3) is 0.700. The Kier molecular flexibility index (Phi) is 2.67. The number of amides is 3. The SMILES string of the molecule is CC(=O)CN1C(=O)NC2(CCNCC2)C1=O. The van der Waals surface area contributed by atoms with E-state index in [1.165, 1.54) is 6.92 Å². The van der Waals surface area contributed by atoms with Gasteiger partial charge in [0.05, 0.1) is 6.54 Å². The molecule has 0 aromatic heterocycles. The van der Waals surface area contributed by atoms with Crippen LogP contribution in [0.1, 0.15) is 19.8 Å². The van der Waals surface area contributed by atoms with Crippen molar-refractivity contribution in [2.45, 2.75) is 25.3 Å². The number of rotatable bonds is 2. The van der Waals surface area contributed by atoms with Crippen molar-refractivity contribution in [1.82, 2.24) is 15.5 Å². The summed E-state index contributed by atoms with van der Waals surface area (Å²) < 4.78 is 0. The molecule has 0 aromatic rings. The summed E-state index contributed by atoms with van der Waals surface area (Å²) in [5.41, 5.74) is -0.766. The Morgan fingerprint density at radius 3 is 2.56 bits per heavy atom. The smallest absolute Gasteiger partial charge is 0.323 e. The number of nitrogens with zero attached hydrogens (tertiary/aromatic N) is 1. The number of hydrogen-bond acceptors (Lipinski definition) is 4. The molecular formula is C10H15N3O3. The summed E-state index contributed by atoms with van der Waals surface area (Å²) in [5.74, 6) is -0.441. The topological polar surface area (TPSA) is 78.5 Å². The average Bonchev–Trinajstić information content (AvgIpc) is 2.44. The van der Waals surface area contributed by atoms with Gasteiger partial charge in [0, 0.05) is 0 Å². The molecule has 2 aliphatic rings. The molecule has 2 heterocycles. The van der Waals surface area contributed by atoms with E-state index in [2.05, 4.69) is 10.6 Å². The minimum Gasteiger partial charge on any atom is -0.323 e. The Morgan fingerprint density at radius 2 is 2.00 bits per heavy atom. The van der Waals surface area contributed by atoms with E-state index in [4.69, 9.17) is 0 Å². The average molecular weight is 225 g/mol. The van der Waals surface area contributed by atoms with Crippen LogP contribution in [0.3, 0.4) is 0 Å². The zero-order valence-electron chi connectivity index (χ0n) is 9.21. The molecule has 1 spiro atoms. The second kappa shape index (κ2) is 3.86. The lowest BCUT2D eigenvalue weighted by molar-refractivity contribution is -0.134. The number of ketones is 1. The van der Waals surface area contributed by atoms with Crippen molar-refractivity contribution >= 4 is 17.7 Å². The van der Waals surface area contributed by atoms with E-state index < -0.39 is 11.6 Å². The molecule has 2 saturated heterocycles. The first-order chi connectivity index (χ1) is 7.55. The molecule has 0 atom stereocenters. The van der Waals surface area contributed by atoms with Gasteiger partial charge in [-0.15, -0.1) is 0 Å². The molecule has 6 heteroatoms. The quantitative estimate of drug-likeness (QED) is 0.606. The Hall–Kier alpha value is -1.43. The first-order valence-corrected chi connectivity index (χ1v) is 5.39. The highest BCUT2D eigenvalue weighted by Gasteiger charge is 2.51. The van der Waals surface area contributed by atoms with Crippen molar-refractivity contribution in [3.63, 3.8) is 0 Å². The van der Waals surface area contributed by atoms with Crippen molar-refractivity contribution in [2.75, 3.05) is 19.6 Å². The molecule has 2 rings (SSSR count). The minimum atomic E-state index is -0.766. The number of carbonyl (C=O) groups is 3. The maximum Gasteiger partial charge on any atom is 0.325 e. The lowest BCUT2D eigenvalue weighted by Gasteiger charge is -2.30. The van der Waals surface area contributed by atoms with Gasteiger partial charge >= 0.3 is 6.03 Å². The third-order valence-electron chi connectivity index (χ3n) is 3.08. The molecule has 2 fully saturated rings. The fourth-order valence-corrected chi connectivity index (χ4v) is 2.23. The molecule has 16 heavy (non-hydrogen) atoms. The van der Waals surface area contributed by atoms with Crippen molar-refractivity contribution < 1.29 is 14.4 Å². The van der Waals surface area contributed by atoms with Crippen LogP contribution < -0.4 is 10.6 Å². The van der Waals surface area contributed by atoms with E-state index >= 15 is 0 Å². The van der Waals surface area contributed by atoms with Crippen LogP contribution in [0.4, 0.5) is 4.79 Å². The van der Waals surface area contributed by atoms with Crippen LogP contribution in [0.15, 0.2) is 0 Å². The third kappa shape index (κ3) is 1.69. The Balaban J connectivity index is 2.17. The largest absolute Gasteiger partial charge is 0.325 e. The molecule has 0 aromatic carbocycles. The fourth-order valence-electron chi connectivity index (χ4n) is 2.23. The highest BCUT2D eigenvalue weighted by Crippen LogP contribution is 2.26. The van der Waals surface area contributed by atoms with Gasteiger partial charge in [-0.1, -0.05) is 0 Å². The van der Waals surface area contributed by atoms with Gasteiger partial charge in [0.15, 0.2) is 0 Å². The van der Waals surface area contributed by atoms with Crippen LogP contribution in [0, 0.1) is 0 Å². The Morgan fingerprint density at radius 1 is 1.38 bits per heavy atom. The van der Waals surface area contributed by atoms with Crippen LogP contribution in [0.2, 0.25) is 0 Å². The van der Waals surface area contributed by atoms with Crippen LogP contribution >= 0.6 is 0 Å². The molecule has 0 radical (unpaired) electrons. The predicted octanol–water partition coefficient (Wildman–Crippen LogP) is -0.751. The zero-order chi connectivity index (χ0) is 11.8. The zero-order valence-corrected chi connectivity index (χ0v) is 9.21. The van der Waals surface area contributed by atoms with E-state index in [9.17, 15) is 14.4 Å². The highest BCUT2D eigenvalue weighted by atomic mass is 16.2. The van der Waals surface area contributed by atoms with Gasteiger partial charge in [-0.05, 0) is 32.9 Å². The van der Waals surface area contributed by atoms with E-state index in [-0.39, 0.29) is 18.2 Å². The van der Waals surface area contributed by atoms with Gasteiger partial charge in [0.25, 0.3) is 5.91 Å². The maximum absolute atomic E-state index is 12.1. The van der Waals surface area contributed by atoms with Gasteiger partial charge in [-0.25, -0.2) is 4.79 Å². The van der Waals surface area contributed by atoms with E-state index in [1.807, 2.05) is 0 Å². The van der Waals surface area contributed by atoms with Crippen molar-refractivity contribution in [2.24, 2.45) is 0 Å². The molecule has 6 nitrogen and oxygen atoms in total. The summed E-state index contributed by atoms with van der Waals surface area (Å²) in [7, 11) is 0. The number of urea groups is 1. The number of carbonyl (C=O) groups excluding carboxylic acids is 3. The van der Waals surface area contributed by atoms with Gasteiger partial charge in [0.2, 0.25) is 0 Å². The Bertz CT molecular complexity index is 347. The number of nitrogens with one attached hydrogen (secondary N) is 2. The van der Waals surface area contributed by atoms with Crippen LogP contribution in [-0.4, -0.2) is 47.8 Å². The normalized spacial score (nSPS) is 23.7. The molecule has 2 aliphatic heterocycles. The molecule has 0 unspecified atom stereocenters. The van der Waals surface area contributed by atoms with E-state index in [0.29, 0.717) is 25.9 Å². The number of Topliss-reactive ketones (excluding diaryl/α,β-unsaturated/α-hetero) is 1. The number of hydrogen-bond donors (Lipinski definition) is 2. The summed E-state index contributed by atoms with van der Waals surface area (Å²) in [6.45, 7) is 2.66. The molecule has 2 N–H and O–H groups in total. The molecule has 88 valence electrons. The molecule has 0 saturated carbocycles. The Labute approximate surface area is 93.4 Å². The number of piperidine rings is 1. The minimum absolute atomic E-state index is 0.125. The van der Waals surface area contributed by atoms with Crippen LogP contribution in [0.5, 0.6) is 0 Å². The molecule has 0 bridgehead atoms. The third-order valence-corrected chi connectivity index (χ3v) is 3.08. The lowest BCUT2D eigenvalue weighted by Crippen LogP contribution is -2.54. The number of imide groups is 1. The van der Waals surface area contributed by atoms with Crippen LogP contribution in [-0.2, 0) is 9.59 Å². The summed E-state index contributed by atoms with van der Waals surface area (Å²) in [6.07, 6.45) is 1.18. The molecule has 3 amide bonds. The maximum atomic E-state index is 12.1. The second-order valence-electron chi connectivity index (χ2n) is 4.36. The standard InChI is InChI=1S/C10H15N3O3/c1-7(14)6-13-8(15)10(12-9(13)16)2-4-11-5-3-10/h11H,2-6H2,1H3,(H,12,16). The summed E-state index contributed by atoms with van der Waals surface area (Å²) in [6, 6.07) is -0.442. The van der Waals surface area contributed by atoms with Crippen molar-refractivity contribution in [3.05, 3.63) is 0 Å². The van der Waals surface area contributed by atoms with Gasteiger partial charge < -0.3 is 10.6 Å². The molecular weight excluding hydrogens is 210 g/mol. The van der Waals surface area contributed by atoms with Crippen molar-refractivity contribution in [1.29, 1.82) is 0 Å². The summed E-state index contributed by atoms with van der Waals surface area (Å²) >= 11 is 0. The van der Waals surface area contributed by atoms with Crippen molar-refractivity contribution in [3.8, 4) is 0 Å². The van der Waals surface area contributed by atoms with Gasteiger partial charge in [-0.3, -0.25) is 14.5 Å². The first-order valence-electron chi connectivity index (χ1n) is 5.39. The predicted molar refractivity (Wildman–Crippen MR) is 55.8 cm³/mol. The highest BCUT2D eigenvalue weighted by molar-refractivity contribution is 6.09. The summed E-state index contributed by atoms with van der Waals surface area (Å²) in [4.78, 5) is 35.7. The summed E-state index contributed by atoms with van der Waals surface area (Å²) in [5, 5.41) is 5.86. The van der Waals surface area contributed by atoms with Gasteiger partial charge in [-0.2, -0.15) is 0 Å². The lowest BCUT2D eigenvalue weighted by atomic mass is 9.88. The molecule has 0 aliphatic carbocycles. The van der Waals surface area contributed by atoms with Gasteiger partial charge in [0.1, 0.15) is 11.3 Å². The first kappa shape index (κ1) is 11.1. The van der Waals surface area contributed by atoms with Crippen LogP contribution in [0.25, 0.3) is 0 Å².